The molecule has 26 heavy (non-hydrogen) atoms. The second-order valence-electron chi connectivity index (χ2n) is 8.09. The van der Waals surface area contributed by atoms with Crippen LogP contribution in [0.4, 0.5) is 0 Å². The maximum Gasteiger partial charge on any atom is 0.155 e. The smallest absolute Gasteiger partial charge is 0.155 e. The van der Waals surface area contributed by atoms with Crippen LogP contribution in [0.25, 0.3) is 0 Å². The van der Waals surface area contributed by atoms with Gasteiger partial charge in [0.15, 0.2) is 5.78 Å². The third-order valence-electron chi connectivity index (χ3n) is 4.81. The lowest BCUT2D eigenvalue weighted by molar-refractivity contribution is -0.114. The highest BCUT2D eigenvalue weighted by molar-refractivity contribution is 5.90. The molecule has 0 aliphatic rings. The Morgan fingerprint density at radius 1 is 0.769 bits per heavy atom. The first-order valence-electron chi connectivity index (χ1n) is 11.9. The number of carbonyl (C=O) groups is 1. The van der Waals surface area contributed by atoms with E-state index >= 15 is 0 Å². The topological polar surface area (TPSA) is 17.1 Å². The highest BCUT2D eigenvalue weighted by Crippen LogP contribution is 2.13. The molecule has 0 aromatic carbocycles. The molecule has 0 radical (unpaired) electrons. The summed E-state index contributed by atoms with van der Waals surface area (Å²) in [6, 6.07) is 0. The van der Waals surface area contributed by atoms with Crippen LogP contribution in [-0.4, -0.2) is 5.78 Å². The van der Waals surface area contributed by atoms with E-state index in [0.717, 1.165) is 38.5 Å². The lowest BCUT2D eigenvalue weighted by atomic mass is 10.0. The molecule has 0 N–H and O–H groups in total. The van der Waals surface area contributed by atoms with E-state index in [9.17, 15) is 4.79 Å². The van der Waals surface area contributed by atoms with Gasteiger partial charge in [0.2, 0.25) is 0 Å². The van der Waals surface area contributed by atoms with E-state index < -0.39 is 0 Å². The molecule has 0 fully saturated rings. The minimum atomic E-state index is 0. The zero-order chi connectivity index (χ0) is 21.6. The zero-order valence-corrected chi connectivity index (χ0v) is 18.3. The fraction of sp³-hybridized carbons (Fsp3) is 0.720. The van der Waals surface area contributed by atoms with Gasteiger partial charge in [-0.05, 0) is 65.9 Å². The van der Waals surface area contributed by atoms with Gasteiger partial charge >= 0.3 is 0 Å². The SMILES string of the molecule is CCCCCCCCCCC(=O)/C=C(\C)CC/C=C(\C)CCC=C(C)C.[2H][3H].[3HH]. The Hall–Kier alpha value is -1.11. The van der Waals surface area contributed by atoms with E-state index in [1.807, 2.05) is 6.08 Å². The summed E-state index contributed by atoms with van der Waals surface area (Å²) in [5.74, 6) is 0.317. The summed E-state index contributed by atoms with van der Waals surface area (Å²) in [7, 11) is 0. The van der Waals surface area contributed by atoms with Crippen LogP contribution in [-0.2, 0) is 4.79 Å². The number of allylic oxidation sites excluding steroid dienone is 6. The maximum absolute atomic E-state index is 12.0. The van der Waals surface area contributed by atoms with E-state index in [2.05, 4.69) is 46.8 Å². The van der Waals surface area contributed by atoms with Crippen molar-refractivity contribution in [3.05, 3.63) is 34.9 Å². The van der Waals surface area contributed by atoms with Crippen molar-refractivity contribution in [2.75, 3.05) is 0 Å². The zero-order valence-electron chi connectivity index (χ0n) is 20.3. The Labute approximate surface area is 168 Å². The van der Waals surface area contributed by atoms with Crippen LogP contribution < -0.4 is 0 Å². The quantitative estimate of drug-likeness (QED) is 0.151. The molecule has 0 aromatic rings. The van der Waals surface area contributed by atoms with Crippen molar-refractivity contribution in [1.29, 1.82) is 0 Å². The van der Waals surface area contributed by atoms with Gasteiger partial charge < -0.3 is 0 Å². The first-order valence-corrected chi connectivity index (χ1v) is 10.9. The molecule has 0 spiro atoms. The Bertz CT molecular complexity index is 461. The molecule has 0 saturated carbocycles. The minimum absolute atomic E-state index is 0. The first-order chi connectivity index (χ1) is 13.5. The maximum atomic E-state index is 12.0. The van der Waals surface area contributed by atoms with Crippen molar-refractivity contribution in [3.8, 4) is 0 Å². The molecule has 0 aliphatic heterocycles. The van der Waals surface area contributed by atoms with Crippen LogP contribution in [0.2, 0.25) is 0 Å². The molecule has 1 heteroatoms. The Balaban J connectivity index is -0.00000218. The Kier molecular flexibility index (Phi) is 15.3. The van der Waals surface area contributed by atoms with Gasteiger partial charge in [-0.15, -0.1) is 0 Å². The third-order valence-corrected chi connectivity index (χ3v) is 4.81. The average molecular weight is 370 g/mol. The third kappa shape index (κ3) is 17.7. The summed E-state index contributed by atoms with van der Waals surface area (Å²) in [6.45, 7) is 10.9. The lowest BCUT2D eigenvalue weighted by Gasteiger charge is -2.02. The van der Waals surface area contributed by atoms with Gasteiger partial charge in [0.05, 0.1) is 0 Å². The largest absolute Gasteiger partial charge is 0.295 e. The van der Waals surface area contributed by atoms with Crippen molar-refractivity contribution in [2.24, 2.45) is 0 Å². The average Bonchev–Trinajstić information content (AvgIpc) is 2.65. The van der Waals surface area contributed by atoms with Crippen LogP contribution in [0, 0.1) is 0 Å². The summed E-state index contributed by atoms with van der Waals surface area (Å²) in [6.07, 6.45) is 21.9. The van der Waals surface area contributed by atoms with Crippen LogP contribution in [0.5, 0.6) is 0 Å². The predicted octanol–water partition coefficient (Wildman–Crippen LogP) is 9.00. The molecule has 0 aromatic heterocycles. The number of carbonyl (C=O) groups excluding carboxylic acids is 1. The summed E-state index contributed by atoms with van der Waals surface area (Å²) in [5, 5.41) is 0. The van der Waals surface area contributed by atoms with Gasteiger partial charge in [0.25, 0.3) is 0 Å². The van der Waals surface area contributed by atoms with Crippen molar-refractivity contribution >= 4 is 5.78 Å². The van der Waals surface area contributed by atoms with Crippen LogP contribution >= 0.6 is 0 Å². The number of unbranched alkanes of at least 4 members (excludes halogenated alkanes) is 7. The molecule has 0 atom stereocenters. The molecule has 0 unspecified atom stereocenters. The van der Waals surface area contributed by atoms with Gasteiger partial charge in [-0.3, -0.25) is 4.79 Å². The van der Waals surface area contributed by atoms with Crippen LogP contribution in [0.3, 0.4) is 0 Å². The van der Waals surface area contributed by atoms with Crippen LogP contribution in [0.1, 0.15) is 122 Å². The molecular formula is C25H48O. The van der Waals surface area contributed by atoms with E-state index in [1.54, 1.807) is 0 Å². The van der Waals surface area contributed by atoms with Gasteiger partial charge in [-0.2, -0.15) is 0 Å². The van der Waals surface area contributed by atoms with Crippen molar-refractivity contribution in [1.82, 2.24) is 0 Å². The van der Waals surface area contributed by atoms with Crippen molar-refractivity contribution in [2.45, 2.75) is 118 Å². The minimum Gasteiger partial charge on any atom is -0.295 e. The van der Waals surface area contributed by atoms with Crippen LogP contribution in [0.15, 0.2) is 34.9 Å². The number of rotatable bonds is 16. The molecular weight excluding hydrogens is 316 g/mol. The van der Waals surface area contributed by atoms with E-state index in [0.29, 0.717) is 5.78 Å². The molecule has 0 heterocycles. The second kappa shape index (κ2) is 17.3. The summed E-state index contributed by atoms with van der Waals surface area (Å²) in [5.41, 5.74) is 4.08. The lowest BCUT2D eigenvalue weighted by Crippen LogP contribution is -1.94. The molecule has 0 aliphatic carbocycles. The standard InChI is InChI=1S/C25H44O.2H2/c1-6-7-8-9-10-11-12-13-20-25(26)21-24(5)19-15-18-23(4)17-14-16-22(2)3;;/h16,18,21H,6-15,17,19-20H2,1-5H3;2*1H/b23-18+,24-21+;;/i;1+2D;1+2. The highest BCUT2D eigenvalue weighted by atomic mass is 16.1. The summed E-state index contributed by atoms with van der Waals surface area (Å²) >= 11 is 0. The van der Waals surface area contributed by atoms with Crippen molar-refractivity contribution in [3.63, 3.8) is 0 Å². The molecule has 0 amide bonds. The number of hydrogen-bond donors (Lipinski definition) is 0. The summed E-state index contributed by atoms with van der Waals surface area (Å²) < 4.78 is 10.0. The molecule has 1 nitrogen and oxygen atoms in total. The monoisotopic (exact) mass is 369 g/mol. The molecule has 0 rings (SSSR count). The molecule has 0 bridgehead atoms. The fourth-order valence-corrected chi connectivity index (χ4v) is 3.09. The highest BCUT2D eigenvalue weighted by Gasteiger charge is 2.00. The second-order valence-corrected chi connectivity index (χ2v) is 8.09. The Morgan fingerprint density at radius 3 is 1.92 bits per heavy atom. The Morgan fingerprint density at radius 2 is 1.31 bits per heavy atom. The molecule has 0 saturated heterocycles. The number of ketones is 1. The van der Waals surface area contributed by atoms with E-state index in [1.165, 1.54) is 61.7 Å². The first kappa shape index (κ1) is 22.9. The van der Waals surface area contributed by atoms with Gasteiger partial charge in [0.1, 0.15) is 0 Å². The normalized spacial score (nSPS) is 12.7. The van der Waals surface area contributed by atoms with E-state index in [-0.39, 0.29) is 1.43 Å². The fourth-order valence-electron chi connectivity index (χ4n) is 3.09. The predicted molar refractivity (Wildman–Crippen MR) is 122 cm³/mol. The van der Waals surface area contributed by atoms with Gasteiger partial charge in [0, 0.05) is 10.8 Å². The van der Waals surface area contributed by atoms with Crippen molar-refractivity contribution < 1.29 is 9.19 Å². The number of hydrogen-bond acceptors (Lipinski definition) is 1. The van der Waals surface area contributed by atoms with E-state index in [4.69, 9.17) is 2.97 Å². The summed E-state index contributed by atoms with van der Waals surface area (Å²) in [4.78, 5) is 12.0. The van der Waals surface area contributed by atoms with Gasteiger partial charge in [-0.1, -0.05) is 80.7 Å². The molecule has 154 valence electrons. The van der Waals surface area contributed by atoms with Gasteiger partial charge in [-0.25, -0.2) is 0 Å².